The van der Waals surface area contributed by atoms with Gasteiger partial charge in [0.1, 0.15) is 18.8 Å². The fraction of sp³-hybridized carbons (Fsp3) is 0.692. The average molecular weight is 253 g/mol. The van der Waals surface area contributed by atoms with E-state index in [2.05, 4.69) is 22.2 Å². The van der Waals surface area contributed by atoms with Crippen molar-refractivity contribution in [3.8, 4) is 5.88 Å². The summed E-state index contributed by atoms with van der Waals surface area (Å²) in [5.74, 6) is 1.46. The minimum atomic E-state index is 0.224. The molecule has 0 aromatic carbocycles. The molecule has 1 N–H and O–H groups in total. The summed E-state index contributed by atoms with van der Waals surface area (Å²) in [5, 5.41) is 3.25. The molecule has 1 aromatic heterocycles. The van der Waals surface area contributed by atoms with Crippen molar-refractivity contribution in [1.29, 1.82) is 0 Å². The lowest BCUT2D eigenvalue weighted by Crippen LogP contribution is -2.13. The fourth-order valence-electron chi connectivity index (χ4n) is 1.42. The van der Waals surface area contributed by atoms with Crippen LogP contribution in [-0.2, 0) is 4.74 Å². The van der Waals surface area contributed by atoms with Crippen LogP contribution in [0.15, 0.2) is 6.33 Å². The lowest BCUT2D eigenvalue weighted by molar-refractivity contribution is 0.0541. The standard InChI is InChI=1S/C13H23N3O2/c1-5-6-14-12-11(4)13(16-9-15-12)18-8-7-17-10(2)3/h9-10H,5-8H2,1-4H3,(H,14,15,16). The van der Waals surface area contributed by atoms with Gasteiger partial charge in [0.2, 0.25) is 5.88 Å². The van der Waals surface area contributed by atoms with Gasteiger partial charge in [0.05, 0.1) is 18.3 Å². The van der Waals surface area contributed by atoms with Crippen LogP contribution in [0.5, 0.6) is 5.88 Å². The maximum atomic E-state index is 5.59. The third-order valence-electron chi connectivity index (χ3n) is 2.35. The highest BCUT2D eigenvalue weighted by Crippen LogP contribution is 2.20. The lowest BCUT2D eigenvalue weighted by Gasteiger charge is -2.12. The van der Waals surface area contributed by atoms with Gasteiger partial charge < -0.3 is 14.8 Å². The minimum Gasteiger partial charge on any atom is -0.475 e. The Labute approximate surface area is 109 Å². The van der Waals surface area contributed by atoms with Crippen molar-refractivity contribution in [3.63, 3.8) is 0 Å². The molecule has 0 amide bonds. The van der Waals surface area contributed by atoms with E-state index in [1.54, 1.807) is 0 Å². The van der Waals surface area contributed by atoms with Gasteiger partial charge in [-0.25, -0.2) is 9.97 Å². The van der Waals surface area contributed by atoms with Crippen molar-refractivity contribution in [2.75, 3.05) is 25.1 Å². The van der Waals surface area contributed by atoms with E-state index in [1.165, 1.54) is 6.33 Å². The van der Waals surface area contributed by atoms with E-state index in [0.717, 1.165) is 24.3 Å². The van der Waals surface area contributed by atoms with Crippen LogP contribution in [0.1, 0.15) is 32.8 Å². The Balaban J connectivity index is 2.49. The summed E-state index contributed by atoms with van der Waals surface area (Å²) in [6.07, 6.45) is 2.80. The molecule has 18 heavy (non-hydrogen) atoms. The van der Waals surface area contributed by atoms with Crippen molar-refractivity contribution in [2.24, 2.45) is 0 Å². The van der Waals surface area contributed by atoms with Crippen LogP contribution in [0.25, 0.3) is 0 Å². The molecule has 0 saturated carbocycles. The third kappa shape index (κ3) is 4.87. The number of rotatable bonds is 8. The summed E-state index contributed by atoms with van der Waals surface area (Å²) in [4.78, 5) is 8.33. The fourth-order valence-corrected chi connectivity index (χ4v) is 1.42. The summed E-state index contributed by atoms with van der Waals surface area (Å²) in [6.45, 7) is 10.0. The highest BCUT2D eigenvalue weighted by Gasteiger charge is 2.07. The van der Waals surface area contributed by atoms with Crippen molar-refractivity contribution in [3.05, 3.63) is 11.9 Å². The number of nitrogens with zero attached hydrogens (tertiary/aromatic N) is 2. The van der Waals surface area contributed by atoms with Crippen LogP contribution in [0.2, 0.25) is 0 Å². The molecule has 1 rings (SSSR count). The van der Waals surface area contributed by atoms with Gasteiger partial charge in [-0.15, -0.1) is 0 Å². The largest absolute Gasteiger partial charge is 0.475 e. The summed E-state index contributed by atoms with van der Waals surface area (Å²) < 4.78 is 11.0. The predicted molar refractivity (Wildman–Crippen MR) is 72.1 cm³/mol. The number of aromatic nitrogens is 2. The van der Waals surface area contributed by atoms with Gasteiger partial charge >= 0.3 is 0 Å². The molecule has 0 aliphatic rings. The Bertz CT molecular complexity index is 356. The van der Waals surface area contributed by atoms with E-state index in [9.17, 15) is 0 Å². The zero-order valence-corrected chi connectivity index (χ0v) is 11.7. The quantitative estimate of drug-likeness (QED) is 0.721. The van der Waals surface area contributed by atoms with E-state index < -0.39 is 0 Å². The Kier molecular flexibility index (Phi) is 6.43. The predicted octanol–water partition coefficient (Wildman–Crippen LogP) is 2.41. The third-order valence-corrected chi connectivity index (χ3v) is 2.35. The maximum Gasteiger partial charge on any atom is 0.221 e. The lowest BCUT2D eigenvalue weighted by atomic mass is 10.3. The molecule has 102 valence electrons. The maximum absolute atomic E-state index is 5.59. The molecule has 0 fully saturated rings. The second kappa shape index (κ2) is 7.87. The molecule has 0 aliphatic carbocycles. The summed E-state index contributed by atoms with van der Waals surface area (Å²) in [7, 11) is 0. The molecule has 0 atom stereocenters. The van der Waals surface area contributed by atoms with Gasteiger partial charge in [-0.3, -0.25) is 0 Å². The Hall–Kier alpha value is -1.36. The minimum absolute atomic E-state index is 0.224. The summed E-state index contributed by atoms with van der Waals surface area (Å²) >= 11 is 0. The smallest absolute Gasteiger partial charge is 0.221 e. The summed E-state index contributed by atoms with van der Waals surface area (Å²) in [6, 6.07) is 0. The van der Waals surface area contributed by atoms with Gasteiger partial charge in [0, 0.05) is 6.54 Å². The molecule has 1 heterocycles. The normalized spacial score (nSPS) is 10.7. The Morgan fingerprint density at radius 3 is 2.72 bits per heavy atom. The number of nitrogens with one attached hydrogen (secondary N) is 1. The van der Waals surface area contributed by atoms with Crippen LogP contribution in [-0.4, -0.2) is 35.8 Å². The van der Waals surface area contributed by atoms with Crippen molar-refractivity contribution in [1.82, 2.24) is 9.97 Å². The van der Waals surface area contributed by atoms with Crippen molar-refractivity contribution >= 4 is 5.82 Å². The van der Waals surface area contributed by atoms with Crippen molar-refractivity contribution < 1.29 is 9.47 Å². The van der Waals surface area contributed by atoms with Gasteiger partial charge in [-0.2, -0.15) is 0 Å². The Morgan fingerprint density at radius 2 is 2.06 bits per heavy atom. The number of anilines is 1. The molecule has 0 aliphatic heterocycles. The molecule has 0 unspecified atom stereocenters. The monoisotopic (exact) mass is 253 g/mol. The molecule has 5 heteroatoms. The van der Waals surface area contributed by atoms with Gasteiger partial charge in [0.15, 0.2) is 0 Å². The molecule has 0 bridgehead atoms. The first-order valence-corrected chi connectivity index (χ1v) is 6.45. The molecular formula is C13H23N3O2. The molecule has 0 saturated heterocycles. The number of ether oxygens (including phenoxy) is 2. The van der Waals surface area contributed by atoms with Crippen LogP contribution < -0.4 is 10.1 Å². The van der Waals surface area contributed by atoms with E-state index in [4.69, 9.17) is 9.47 Å². The van der Waals surface area contributed by atoms with Gasteiger partial charge in [0.25, 0.3) is 0 Å². The highest BCUT2D eigenvalue weighted by atomic mass is 16.5. The average Bonchev–Trinajstić information content (AvgIpc) is 2.34. The second-order valence-corrected chi connectivity index (χ2v) is 4.35. The first-order chi connectivity index (χ1) is 8.65. The first-order valence-electron chi connectivity index (χ1n) is 6.45. The number of hydrogen-bond donors (Lipinski definition) is 1. The SMILES string of the molecule is CCCNc1ncnc(OCCOC(C)C)c1C. The summed E-state index contributed by atoms with van der Waals surface area (Å²) in [5.41, 5.74) is 0.940. The van der Waals surface area contributed by atoms with Crippen LogP contribution in [0, 0.1) is 6.92 Å². The van der Waals surface area contributed by atoms with Gasteiger partial charge in [-0.1, -0.05) is 6.92 Å². The molecule has 0 radical (unpaired) electrons. The van der Waals surface area contributed by atoms with E-state index in [0.29, 0.717) is 19.1 Å². The topological polar surface area (TPSA) is 56.3 Å². The first kappa shape index (κ1) is 14.7. The second-order valence-electron chi connectivity index (χ2n) is 4.35. The van der Waals surface area contributed by atoms with Crippen LogP contribution >= 0.6 is 0 Å². The molecular weight excluding hydrogens is 230 g/mol. The molecule has 5 nitrogen and oxygen atoms in total. The highest BCUT2D eigenvalue weighted by molar-refractivity contribution is 5.47. The van der Waals surface area contributed by atoms with Gasteiger partial charge in [-0.05, 0) is 27.2 Å². The van der Waals surface area contributed by atoms with Crippen LogP contribution in [0.3, 0.4) is 0 Å². The molecule has 0 spiro atoms. The van der Waals surface area contributed by atoms with Crippen LogP contribution in [0.4, 0.5) is 5.82 Å². The zero-order valence-electron chi connectivity index (χ0n) is 11.7. The van der Waals surface area contributed by atoms with E-state index >= 15 is 0 Å². The molecule has 1 aromatic rings. The Morgan fingerprint density at radius 1 is 1.28 bits per heavy atom. The van der Waals surface area contributed by atoms with Crippen molar-refractivity contribution in [2.45, 2.75) is 40.2 Å². The van der Waals surface area contributed by atoms with E-state index in [-0.39, 0.29) is 6.10 Å². The number of hydrogen-bond acceptors (Lipinski definition) is 5. The zero-order chi connectivity index (χ0) is 13.4. The van der Waals surface area contributed by atoms with E-state index in [1.807, 2.05) is 20.8 Å².